The molecule has 0 amide bonds. The van der Waals surface area contributed by atoms with Crippen molar-refractivity contribution in [1.82, 2.24) is 9.97 Å². The molecular weight excluding hydrogens is 415 g/mol. The van der Waals surface area contributed by atoms with E-state index in [0.29, 0.717) is 22.5 Å². The number of hydrogen-bond acceptors (Lipinski definition) is 3. The van der Waals surface area contributed by atoms with Gasteiger partial charge in [-0.2, -0.15) is 4.98 Å². The average Bonchev–Trinajstić information content (AvgIpc) is 2.40. The van der Waals surface area contributed by atoms with Gasteiger partial charge in [-0.3, -0.25) is 0 Å². The van der Waals surface area contributed by atoms with Gasteiger partial charge in [0.25, 0.3) is 0 Å². The molecule has 22 heavy (non-hydrogen) atoms. The molecule has 0 aliphatic carbocycles. The van der Waals surface area contributed by atoms with Gasteiger partial charge in [-0.15, -0.1) is 0 Å². The summed E-state index contributed by atoms with van der Waals surface area (Å²) >= 11 is 21.4. The van der Waals surface area contributed by atoms with Crippen molar-refractivity contribution >= 4 is 62.2 Å². The van der Waals surface area contributed by atoms with Crippen LogP contribution in [0.2, 0.25) is 15.5 Å². The van der Waals surface area contributed by atoms with Gasteiger partial charge < -0.3 is 4.90 Å². The fraction of sp³-hybridized carbons (Fsp3) is 0.143. The maximum absolute atomic E-state index is 13.3. The van der Waals surface area contributed by atoms with E-state index in [9.17, 15) is 4.39 Å². The number of rotatable bonds is 4. The second-order valence-electron chi connectivity index (χ2n) is 4.56. The van der Waals surface area contributed by atoms with Crippen LogP contribution in [-0.2, 0) is 0 Å². The van der Waals surface area contributed by atoms with E-state index in [1.807, 2.05) is 6.92 Å². The molecular formula is C14H10BrCl3FN3. The average molecular weight is 426 g/mol. The third-order valence-electron chi connectivity index (χ3n) is 2.65. The van der Waals surface area contributed by atoms with Crippen molar-refractivity contribution in [2.75, 3.05) is 11.4 Å². The van der Waals surface area contributed by atoms with Crippen molar-refractivity contribution < 1.29 is 4.39 Å². The van der Waals surface area contributed by atoms with Crippen LogP contribution in [0.15, 0.2) is 34.8 Å². The van der Waals surface area contributed by atoms with E-state index in [0.717, 1.165) is 5.57 Å². The molecule has 0 radical (unpaired) electrons. The van der Waals surface area contributed by atoms with Gasteiger partial charge in [0.15, 0.2) is 5.82 Å². The molecule has 0 aliphatic heterocycles. The first kappa shape index (κ1) is 17.5. The third kappa shape index (κ3) is 3.90. The van der Waals surface area contributed by atoms with Gasteiger partial charge in [0.2, 0.25) is 5.28 Å². The Morgan fingerprint density at radius 2 is 2.00 bits per heavy atom. The first-order valence-corrected chi connectivity index (χ1v) is 7.97. The van der Waals surface area contributed by atoms with E-state index in [1.54, 1.807) is 11.0 Å². The topological polar surface area (TPSA) is 29.0 Å². The highest BCUT2D eigenvalue weighted by molar-refractivity contribution is 9.10. The minimum Gasteiger partial charge on any atom is -0.320 e. The molecule has 0 aliphatic rings. The normalized spacial score (nSPS) is 10.6. The quantitative estimate of drug-likeness (QED) is 0.339. The molecule has 2 rings (SSSR count). The van der Waals surface area contributed by atoms with Crippen LogP contribution >= 0.6 is 50.7 Å². The highest BCUT2D eigenvalue weighted by atomic mass is 79.9. The van der Waals surface area contributed by atoms with E-state index < -0.39 is 5.82 Å². The maximum Gasteiger partial charge on any atom is 0.225 e. The summed E-state index contributed by atoms with van der Waals surface area (Å²) in [7, 11) is 0. The molecule has 0 saturated heterocycles. The lowest BCUT2D eigenvalue weighted by molar-refractivity contribution is 0.628. The highest BCUT2D eigenvalue weighted by Crippen LogP contribution is 2.38. The molecule has 2 aromatic rings. The fourth-order valence-electron chi connectivity index (χ4n) is 1.81. The summed E-state index contributed by atoms with van der Waals surface area (Å²) in [5.74, 6) is -0.0108. The van der Waals surface area contributed by atoms with Gasteiger partial charge in [0, 0.05) is 6.54 Å². The molecule has 3 nitrogen and oxygen atoms in total. The smallest absolute Gasteiger partial charge is 0.225 e. The van der Waals surface area contributed by atoms with Crippen LogP contribution in [0.5, 0.6) is 0 Å². The molecule has 0 bridgehead atoms. The minimum atomic E-state index is -0.429. The molecule has 1 aromatic carbocycles. The number of hydrogen-bond donors (Lipinski definition) is 0. The lowest BCUT2D eigenvalue weighted by Gasteiger charge is -2.26. The van der Waals surface area contributed by atoms with E-state index >= 15 is 0 Å². The number of halogens is 5. The van der Waals surface area contributed by atoms with Crippen molar-refractivity contribution in [3.05, 3.63) is 56.1 Å². The van der Waals surface area contributed by atoms with Crippen LogP contribution < -0.4 is 4.90 Å². The van der Waals surface area contributed by atoms with Crippen molar-refractivity contribution in [3.8, 4) is 0 Å². The Hall–Kier alpha value is -0.880. The van der Waals surface area contributed by atoms with Crippen molar-refractivity contribution in [2.45, 2.75) is 6.92 Å². The Morgan fingerprint density at radius 3 is 2.59 bits per heavy atom. The first-order chi connectivity index (χ1) is 10.3. The summed E-state index contributed by atoms with van der Waals surface area (Å²) in [4.78, 5) is 9.77. The lowest BCUT2D eigenvalue weighted by atomic mass is 10.2. The van der Waals surface area contributed by atoms with Crippen molar-refractivity contribution in [2.24, 2.45) is 0 Å². The molecule has 1 aromatic heterocycles. The van der Waals surface area contributed by atoms with Crippen LogP contribution in [0.3, 0.4) is 0 Å². The standard InChI is InChI=1S/C14H10BrCl3FN3/c1-7(2)6-22(10-4-3-8(19)5-9(10)16)13-11(15)12(17)20-14(18)21-13/h3-5H,1,6H2,2H3. The summed E-state index contributed by atoms with van der Waals surface area (Å²) in [6.45, 7) is 6.13. The van der Waals surface area contributed by atoms with E-state index in [2.05, 4.69) is 32.5 Å². The second-order valence-corrected chi connectivity index (χ2v) is 6.46. The van der Waals surface area contributed by atoms with Crippen LogP contribution in [0, 0.1) is 5.82 Å². The third-order valence-corrected chi connectivity index (χ3v) is 4.35. The zero-order chi connectivity index (χ0) is 16.4. The Labute approximate surface area is 150 Å². The van der Waals surface area contributed by atoms with Crippen LogP contribution in [-0.4, -0.2) is 16.5 Å². The fourth-order valence-corrected chi connectivity index (χ4v) is 2.84. The summed E-state index contributed by atoms with van der Waals surface area (Å²) < 4.78 is 13.7. The number of anilines is 2. The van der Waals surface area contributed by atoms with Crippen LogP contribution in [0.1, 0.15) is 6.92 Å². The van der Waals surface area contributed by atoms with Crippen LogP contribution in [0.25, 0.3) is 0 Å². The minimum absolute atomic E-state index is 0.00634. The molecule has 1 heterocycles. The molecule has 0 spiro atoms. The van der Waals surface area contributed by atoms with Gasteiger partial charge in [0.1, 0.15) is 11.0 Å². The zero-order valence-corrected chi connectivity index (χ0v) is 15.2. The Kier molecular flexibility index (Phi) is 5.66. The van der Waals surface area contributed by atoms with E-state index in [1.165, 1.54) is 12.1 Å². The molecule has 0 atom stereocenters. The number of benzene rings is 1. The molecule has 0 unspecified atom stereocenters. The van der Waals surface area contributed by atoms with E-state index in [4.69, 9.17) is 34.8 Å². The van der Waals surface area contributed by atoms with Gasteiger partial charge in [0.05, 0.1) is 15.2 Å². The Morgan fingerprint density at radius 1 is 1.32 bits per heavy atom. The maximum atomic E-state index is 13.3. The van der Waals surface area contributed by atoms with Gasteiger partial charge in [-0.1, -0.05) is 35.4 Å². The predicted molar refractivity (Wildman–Crippen MR) is 93.0 cm³/mol. The summed E-state index contributed by atoms with van der Waals surface area (Å²) in [6.07, 6.45) is 0. The first-order valence-electron chi connectivity index (χ1n) is 6.05. The largest absolute Gasteiger partial charge is 0.320 e. The summed E-state index contributed by atoms with van der Waals surface area (Å²) in [5, 5.41) is 0.395. The zero-order valence-electron chi connectivity index (χ0n) is 11.4. The summed E-state index contributed by atoms with van der Waals surface area (Å²) in [5.41, 5.74) is 1.40. The number of nitrogens with zero attached hydrogens (tertiary/aromatic N) is 3. The monoisotopic (exact) mass is 423 g/mol. The highest BCUT2D eigenvalue weighted by Gasteiger charge is 2.20. The summed E-state index contributed by atoms with van der Waals surface area (Å²) in [6, 6.07) is 4.09. The second kappa shape index (κ2) is 7.13. The molecule has 0 saturated carbocycles. The van der Waals surface area contributed by atoms with Gasteiger partial charge in [-0.05, 0) is 52.7 Å². The SMILES string of the molecule is C=C(C)CN(c1ccc(F)cc1Cl)c1nc(Cl)nc(Cl)c1Br. The number of aromatic nitrogens is 2. The van der Waals surface area contributed by atoms with Gasteiger partial charge in [-0.25, -0.2) is 9.37 Å². The molecule has 116 valence electrons. The van der Waals surface area contributed by atoms with Crippen molar-refractivity contribution in [3.63, 3.8) is 0 Å². The Bertz CT molecular complexity index is 740. The van der Waals surface area contributed by atoms with Gasteiger partial charge >= 0.3 is 0 Å². The van der Waals surface area contributed by atoms with Crippen molar-refractivity contribution in [1.29, 1.82) is 0 Å². The molecule has 0 N–H and O–H groups in total. The molecule has 0 fully saturated rings. The van der Waals surface area contributed by atoms with Crippen LogP contribution in [0.4, 0.5) is 15.9 Å². The lowest BCUT2D eigenvalue weighted by Crippen LogP contribution is -2.21. The van der Waals surface area contributed by atoms with E-state index in [-0.39, 0.29) is 15.5 Å². The Balaban J connectivity index is 2.63. The molecule has 8 heteroatoms. The predicted octanol–water partition coefficient (Wildman–Crippen LogP) is 6.05.